The largest absolute Gasteiger partial charge is 0.345 e. The van der Waals surface area contributed by atoms with Crippen molar-refractivity contribution in [2.45, 2.75) is 49.6 Å². The van der Waals surface area contributed by atoms with E-state index >= 15 is 0 Å². The summed E-state index contributed by atoms with van der Waals surface area (Å²) < 4.78 is 0. The number of hydrogen-bond acceptors (Lipinski definition) is 4. The molecule has 2 heterocycles. The first-order chi connectivity index (χ1) is 12.6. The van der Waals surface area contributed by atoms with E-state index in [1.54, 1.807) is 36.7 Å². The summed E-state index contributed by atoms with van der Waals surface area (Å²) in [4.78, 5) is 33.4. The van der Waals surface area contributed by atoms with E-state index in [1.807, 2.05) is 12.1 Å². The van der Waals surface area contributed by atoms with Gasteiger partial charge < -0.3 is 10.6 Å². The first kappa shape index (κ1) is 16.7. The van der Waals surface area contributed by atoms with E-state index in [1.165, 1.54) is 0 Å². The fourth-order valence-electron chi connectivity index (χ4n) is 4.44. The molecule has 0 aromatic carbocycles. The molecule has 2 aliphatic carbocycles. The minimum absolute atomic E-state index is 0.139. The van der Waals surface area contributed by atoms with Gasteiger partial charge in [-0.15, -0.1) is 0 Å². The predicted octanol–water partition coefficient (Wildman–Crippen LogP) is 2.48. The second kappa shape index (κ2) is 6.52. The topological polar surface area (TPSA) is 84.0 Å². The van der Waals surface area contributed by atoms with Crippen molar-refractivity contribution in [3.8, 4) is 0 Å². The smallest absolute Gasteiger partial charge is 0.270 e. The summed E-state index contributed by atoms with van der Waals surface area (Å²) in [7, 11) is 0. The molecule has 0 spiro atoms. The number of hydrogen-bond donors (Lipinski definition) is 2. The fourth-order valence-corrected chi connectivity index (χ4v) is 4.44. The van der Waals surface area contributed by atoms with Gasteiger partial charge in [-0.2, -0.15) is 0 Å². The summed E-state index contributed by atoms with van der Waals surface area (Å²) in [5, 5.41) is 6.42. The van der Waals surface area contributed by atoms with Crippen LogP contribution in [0.15, 0.2) is 48.8 Å². The molecule has 2 aromatic rings. The highest BCUT2D eigenvalue weighted by atomic mass is 16.2. The van der Waals surface area contributed by atoms with Crippen LogP contribution in [0.3, 0.4) is 0 Å². The number of carbonyl (C=O) groups excluding carboxylic acids is 2. The second-order valence-electron chi connectivity index (χ2n) is 7.43. The van der Waals surface area contributed by atoms with E-state index in [0.717, 1.165) is 38.5 Å². The Balaban J connectivity index is 1.47. The number of carbonyl (C=O) groups is 2. The normalized spacial score (nSPS) is 26.9. The van der Waals surface area contributed by atoms with Crippen LogP contribution in [0.25, 0.3) is 0 Å². The average molecular weight is 350 g/mol. The van der Waals surface area contributed by atoms with Gasteiger partial charge in [-0.1, -0.05) is 12.1 Å². The lowest BCUT2D eigenvalue weighted by Crippen LogP contribution is -2.55. The minimum atomic E-state index is -0.260. The molecule has 2 aromatic heterocycles. The van der Waals surface area contributed by atoms with Crippen LogP contribution in [0.4, 0.5) is 0 Å². The molecular formula is C20H22N4O2. The first-order valence-corrected chi connectivity index (χ1v) is 9.07. The summed E-state index contributed by atoms with van der Waals surface area (Å²) >= 11 is 0. The van der Waals surface area contributed by atoms with Crippen molar-refractivity contribution < 1.29 is 9.59 Å². The summed E-state index contributed by atoms with van der Waals surface area (Å²) in [5.41, 5.74) is 0.346. The average Bonchev–Trinajstić information content (AvgIpc) is 2.92. The maximum Gasteiger partial charge on any atom is 0.270 e. The number of amides is 2. The summed E-state index contributed by atoms with van der Waals surface area (Å²) in [5.74, 6) is -0.279. The van der Waals surface area contributed by atoms with Crippen molar-refractivity contribution in [1.29, 1.82) is 0 Å². The van der Waals surface area contributed by atoms with Gasteiger partial charge >= 0.3 is 0 Å². The number of rotatable bonds is 4. The maximum absolute atomic E-state index is 12.6. The monoisotopic (exact) mass is 350 g/mol. The van der Waals surface area contributed by atoms with E-state index < -0.39 is 0 Å². The van der Waals surface area contributed by atoms with Crippen LogP contribution in [0.2, 0.25) is 0 Å². The van der Waals surface area contributed by atoms with Crippen molar-refractivity contribution in [3.63, 3.8) is 0 Å². The predicted molar refractivity (Wildman–Crippen MR) is 96.6 cm³/mol. The van der Waals surface area contributed by atoms with Crippen LogP contribution in [-0.2, 0) is 0 Å². The maximum atomic E-state index is 12.6. The molecule has 2 atom stereocenters. The molecule has 6 heteroatoms. The second-order valence-corrected chi connectivity index (χ2v) is 7.43. The molecule has 6 nitrogen and oxygen atoms in total. The minimum Gasteiger partial charge on any atom is -0.345 e. The number of nitrogens with one attached hydrogen (secondary N) is 2. The molecule has 2 fully saturated rings. The van der Waals surface area contributed by atoms with Gasteiger partial charge in [0.2, 0.25) is 0 Å². The van der Waals surface area contributed by atoms with Gasteiger partial charge in [-0.25, -0.2) is 0 Å². The molecule has 0 saturated heterocycles. The Kier molecular flexibility index (Phi) is 4.18. The molecule has 2 N–H and O–H groups in total. The van der Waals surface area contributed by atoms with E-state index in [9.17, 15) is 9.59 Å². The van der Waals surface area contributed by atoms with Crippen molar-refractivity contribution >= 4 is 11.8 Å². The molecule has 0 radical (unpaired) electrons. The Morgan fingerprint density at radius 1 is 0.769 bits per heavy atom. The van der Waals surface area contributed by atoms with Crippen LogP contribution in [0, 0.1) is 0 Å². The highest BCUT2D eigenvalue weighted by Crippen LogP contribution is 2.48. The van der Waals surface area contributed by atoms with Crippen LogP contribution in [0.1, 0.15) is 59.5 Å². The van der Waals surface area contributed by atoms with Gasteiger partial charge in [0.1, 0.15) is 11.4 Å². The zero-order valence-electron chi connectivity index (χ0n) is 14.6. The van der Waals surface area contributed by atoms with Crippen LogP contribution < -0.4 is 10.6 Å². The van der Waals surface area contributed by atoms with Gasteiger partial charge in [-0.3, -0.25) is 19.6 Å². The zero-order valence-corrected chi connectivity index (χ0v) is 14.6. The van der Waals surface area contributed by atoms with Gasteiger partial charge in [0.15, 0.2) is 0 Å². The third-order valence-corrected chi connectivity index (χ3v) is 5.62. The number of nitrogens with zero attached hydrogens (tertiary/aromatic N) is 2. The first-order valence-electron chi connectivity index (χ1n) is 9.07. The lowest BCUT2D eigenvalue weighted by atomic mass is 9.78. The van der Waals surface area contributed by atoms with Gasteiger partial charge in [-0.05, 0) is 62.8 Å². The summed E-state index contributed by atoms with van der Waals surface area (Å²) in [6.45, 7) is 0. The van der Waals surface area contributed by atoms with Crippen LogP contribution in [-0.4, -0.2) is 32.9 Å². The molecule has 2 aliphatic rings. The van der Waals surface area contributed by atoms with Crippen molar-refractivity contribution in [1.82, 2.24) is 20.6 Å². The van der Waals surface area contributed by atoms with E-state index in [-0.39, 0.29) is 22.9 Å². The van der Waals surface area contributed by atoms with E-state index in [0.29, 0.717) is 11.4 Å². The van der Waals surface area contributed by atoms with Crippen molar-refractivity contribution in [2.24, 2.45) is 0 Å². The van der Waals surface area contributed by atoms with Crippen molar-refractivity contribution in [2.75, 3.05) is 0 Å². The molecule has 4 rings (SSSR count). The molecule has 2 bridgehead atoms. The van der Waals surface area contributed by atoms with Gasteiger partial charge in [0, 0.05) is 23.5 Å². The zero-order chi connectivity index (χ0) is 18.0. The molecule has 0 aliphatic heterocycles. The Hall–Kier alpha value is -2.76. The molecule has 134 valence electrons. The fraction of sp³-hybridized carbons (Fsp3) is 0.400. The lowest BCUT2D eigenvalue weighted by molar-refractivity contribution is 0.0827. The molecule has 2 unspecified atom stereocenters. The third-order valence-electron chi connectivity index (χ3n) is 5.62. The highest BCUT2D eigenvalue weighted by Gasteiger charge is 2.52. The Labute approximate surface area is 152 Å². The van der Waals surface area contributed by atoms with Crippen LogP contribution >= 0.6 is 0 Å². The molecular weight excluding hydrogens is 328 g/mol. The summed E-state index contributed by atoms with van der Waals surface area (Å²) in [6, 6.07) is 10.7. The number of pyridine rings is 2. The lowest BCUT2D eigenvalue weighted by Gasteiger charge is -2.40. The van der Waals surface area contributed by atoms with Crippen LogP contribution in [0.5, 0.6) is 0 Å². The number of fused-ring (bicyclic) bond motifs is 2. The summed E-state index contributed by atoms with van der Waals surface area (Å²) in [6.07, 6.45) is 8.60. The van der Waals surface area contributed by atoms with Crippen molar-refractivity contribution in [3.05, 3.63) is 60.2 Å². The molecule has 26 heavy (non-hydrogen) atoms. The van der Waals surface area contributed by atoms with E-state index in [4.69, 9.17) is 0 Å². The molecule has 2 saturated carbocycles. The quantitative estimate of drug-likeness (QED) is 0.887. The molecule has 2 amide bonds. The van der Waals surface area contributed by atoms with Gasteiger partial charge in [0.05, 0.1) is 0 Å². The van der Waals surface area contributed by atoms with Gasteiger partial charge in [0.25, 0.3) is 11.8 Å². The Morgan fingerprint density at radius 3 is 1.69 bits per heavy atom. The Bertz CT molecular complexity index is 744. The number of aromatic nitrogens is 2. The standard InChI is InChI=1S/C20H22N4O2/c25-17(15-6-1-3-12-21-15)23-19-8-5-9-20(14-19,11-10-19)24-18(26)16-7-2-4-13-22-16/h1-4,6-7,12-13H,5,8-11,14H2,(H,23,25)(H,24,26). The Morgan fingerprint density at radius 2 is 1.27 bits per heavy atom. The third kappa shape index (κ3) is 3.19. The van der Waals surface area contributed by atoms with E-state index in [2.05, 4.69) is 20.6 Å². The SMILES string of the molecule is O=C(NC12CCCC(NC(=O)c3ccccn3)(CC1)C2)c1ccccn1. The highest BCUT2D eigenvalue weighted by molar-refractivity contribution is 5.93.